The molecule has 0 spiro atoms. The van der Waals surface area contributed by atoms with Gasteiger partial charge in [-0.15, -0.1) is 0 Å². The number of carbonyl (C=O) groups is 2. The molecule has 0 fully saturated rings. The van der Waals surface area contributed by atoms with Gasteiger partial charge in [-0.25, -0.2) is 9.18 Å². The summed E-state index contributed by atoms with van der Waals surface area (Å²) in [6.45, 7) is 3.82. The van der Waals surface area contributed by atoms with Crippen LogP contribution in [0.15, 0.2) is 54.6 Å². The number of alkyl halides is 3. The number of hydrogen-bond acceptors (Lipinski definition) is 3. The molecule has 0 aromatic heterocycles. The van der Waals surface area contributed by atoms with Crippen LogP contribution in [0.4, 0.5) is 17.6 Å². The lowest BCUT2D eigenvalue weighted by atomic mass is 9.96. The van der Waals surface area contributed by atoms with Crippen LogP contribution in [0.25, 0.3) is 11.1 Å². The second-order valence-corrected chi connectivity index (χ2v) is 7.47. The van der Waals surface area contributed by atoms with Crippen molar-refractivity contribution in [3.8, 4) is 16.9 Å². The molecule has 178 valence electrons. The number of halogens is 4. The molecule has 0 saturated carbocycles. The number of ether oxygens (including phenoxy) is 1. The Hall–Kier alpha value is -3.88. The van der Waals surface area contributed by atoms with E-state index in [0.29, 0.717) is 24.0 Å². The lowest BCUT2D eigenvalue weighted by Crippen LogP contribution is -2.24. The standard InChI is InChI=1S/C25H21F4NO4/c1-3-34-22-9-5-15(19-7-4-16(24(32)33)10-14(19)2)11-17(22)13-30-23(31)20-8-6-18(12-21(20)26)25(27,28)29/h4-12H,3,13H2,1-2H3,(H,30,31)(H,32,33). The first-order valence-corrected chi connectivity index (χ1v) is 10.3. The molecule has 2 N–H and O–H groups in total. The highest BCUT2D eigenvalue weighted by molar-refractivity contribution is 5.94. The molecule has 0 aliphatic heterocycles. The van der Waals surface area contributed by atoms with E-state index in [9.17, 15) is 27.2 Å². The summed E-state index contributed by atoms with van der Waals surface area (Å²) in [6, 6.07) is 11.7. The molecule has 3 aromatic rings. The van der Waals surface area contributed by atoms with E-state index < -0.39 is 35.0 Å². The second kappa shape index (κ2) is 9.94. The van der Waals surface area contributed by atoms with E-state index in [1.807, 2.05) is 0 Å². The van der Waals surface area contributed by atoms with Crippen LogP contribution in [0, 0.1) is 12.7 Å². The fourth-order valence-corrected chi connectivity index (χ4v) is 3.45. The van der Waals surface area contributed by atoms with Crippen molar-refractivity contribution in [1.29, 1.82) is 0 Å². The molecule has 0 aliphatic carbocycles. The summed E-state index contributed by atoms with van der Waals surface area (Å²) in [5.74, 6) is -2.72. The maximum absolute atomic E-state index is 14.1. The molecule has 3 aromatic carbocycles. The average molecular weight is 475 g/mol. The van der Waals surface area contributed by atoms with Crippen LogP contribution in [-0.4, -0.2) is 23.6 Å². The summed E-state index contributed by atoms with van der Waals surface area (Å²) in [4.78, 5) is 23.6. The minimum atomic E-state index is -4.72. The quantitative estimate of drug-likeness (QED) is 0.421. The van der Waals surface area contributed by atoms with Gasteiger partial charge in [0.15, 0.2) is 0 Å². The number of aryl methyl sites for hydroxylation is 1. The third-order valence-electron chi connectivity index (χ3n) is 5.13. The van der Waals surface area contributed by atoms with Crippen molar-refractivity contribution in [1.82, 2.24) is 5.32 Å². The van der Waals surface area contributed by atoms with Gasteiger partial charge in [-0.1, -0.05) is 12.1 Å². The van der Waals surface area contributed by atoms with E-state index in [2.05, 4.69) is 5.32 Å². The monoisotopic (exact) mass is 475 g/mol. The van der Waals surface area contributed by atoms with Crippen LogP contribution in [0.2, 0.25) is 0 Å². The van der Waals surface area contributed by atoms with Crippen molar-refractivity contribution < 1.29 is 37.0 Å². The normalized spacial score (nSPS) is 11.2. The average Bonchev–Trinajstić information content (AvgIpc) is 2.77. The van der Waals surface area contributed by atoms with Gasteiger partial charge < -0.3 is 15.2 Å². The Morgan fingerprint density at radius 2 is 1.76 bits per heavy atom. The van der Waals surface area contributed by atoms with Crippen LogP contribution in [-0.2, 0) is 12.7 Å². The molecule has 0 bridgehead atoms. The van der Waals surface area contributed by atoms with Crippen molar-refractivity contribution in [2.45, 2.75) is 26.6 Å². The van der Waals surface area contributed by atoms with Gasteiger partial charge >= 0.3 is 12.1 Å². The smallest absolute Gasteiger partial charge is 0.416 e. The predicted octanol–water partition coefficient (Wildman–Crippen LogP) is 5.85. The largest absolute Gasteiger partial charge is 0.494 e. The molecule has 5 nitrogen and oxygen atoms in total. The highest BCUT2D eigenvalue weighted by atomic mass is 19.4. The number of rotatable bonds is 7. The molecule has 34 heavy (non-hydrogen) atoms. The summed E-state index contributed by atoms with van der Waals surface area (Å²) in [7, 11) is 0. The molecular formula is C25H21F4NO4. The summed E-state index contributed by atoms with van der Waals surface area (Å²) in [6.07, 6.45) is -4.72. The van der Waals surface area contributed by atoms with Gasteiger partial charge in [0.25, 0.3) is 5.91 Å². The fourth-order valence-electron chi connectivity index (χ4n) is 3.45. The van der Waals surface area contributed by atoms with Crippen molar-refractivity contribution >= 4 is 11.9 Å². The van der Waals surface area contributed by atoms with E-state index in [1.165, 1.54) is 6.07 Å². The van der Waals surface area contributed by atoms with E-state index in [1.54, 1.807) is 44.2 Å². The highest BCUT2D eigenvalue weighted by Gasteiger charge is 2.31. The molecule has 0 unspecified atom stereocenters. The number of aromatic carboxylic acids is 1. The molecular weight excluding hydrogens is 454 g/mol. The lowest BCUT2D eigenvalue weighted by molar-refractivity contribution is -0.137. The summed E-state index contributed by atoms with van der Waals surface area (Å²) < 4.78 is 58.0. The number of hydrogen-bond donors (Lipinski definition) is 2. The predicted molar refractivity (Wildman–Crippen MR) is 117 cm³/mol. The Labute approximate surface area is 193 Å². The van der Waals surface area contributed by atoms with Crippen LogP contribution in [0.1, 0.15) is 44.3 Å². The van der Waals surface area contributed by atoms with Crippen LogP contribution < -0.4 is 10.1 Å². The Kier molecular flexibility index (Phi) is 7.24. The number of nitrogens with one attached hydrogen (secondary N) is 1. The van der Waals surface area contributed by atoms with Gasteiger partial charge in [-0.3, -0.25) is 4.79 Å². The van der Waals surface area contributed by atoms with Gasteiger partial charge in [-0.2, -0.15) is 13.2 Å². The van der Waals surface area contributed by atoms with Crippen LogP contribution in [0.5, 0.6) is 5.75 Å². The molecule has 0 aliphatic rings. The number of carboxylic acid groups (broad SMARTS) is 1. The van der Waals surface area contributed by atoms with Crippen molar-refractivity contribution in [3.63, 3.8) is 0 Å². The third-order valence-corrected chi connectivity index (χ3v) is 5.13. The summed E-state index contributed by atoms with van der Waals surface area (Å²) in [5.41, 5.74) is 1.25. The van der Waals surface area contributed by atoms with Crippen molar-refractivity contribution in [2.75, 3.05) is 6.61 Å². The van der Waals surface area contributed by atoms with Gasteiger partial charge in [-0.05, 0) is 73.0 Å². The molecule has 0 saturated heterocycles. The maximum atomic E-state index is 14.1. The molecule has 0 heterocycles. The zero-order valence-electron chi connectivity index (χ0n) is 18.3. The number of carboxylic acids is 1. The molecule has 0 atom stereocenters. The maximum Gasteiger partial charge on any atom is 0.416 e. The lowest BCUT2D eigenvalue weighted by Gasteiger charge is -2.15. The molecule has 1 amide bonds. The van der Waals surface area contributed by atoms with Gasteiger partial charge in [0.05, 0.1) is 23.3 Å². The third kappa shape index (κ3) is 5.54. The van der Waals surface area contributed by atoms with E-state index >= 15 is 0 Å². The number of carbonyl (C=O) groups excluding carboxylic acids is 1. The Balaban J connectivity index is 1.86. The first-order valence-electron chi connectivity index (χ1n) is 10.3. The zero-order valence-corrected chi connectivity index (χ0v) is 18.3. The number of amides is 1. The molecule has 9 heteroatoms. The van der Waals surface area contributed by atoms with Crippen molar-refractivity contribution in [2.24, 2.45) is 0 Å². The second-order valence-electron chi connectivity index (χ2n) is 7.47. The topological polar surface area (TPSA) is 75.6 Å². The van der Waals surface area contributed by atoms with E-state index in [0.717, 1.165) is 22.8 Å². The molecule has 3 rings (SSSR count). The van der Waals surface area contributed by atoms with Gasteiger partial charge in [0.1, 0.15) is 11.6 Å². The fraction of sp³-hybridized carbons (Fsp3) is 0.200. The first kappa shape index (κ1) is 24.8. The van der Waals surface area contributed by atoms with Gasteiger partial charge in [0, 0.05) is 12.1 Å². The van der Waals surface area contributed by atoms with Crippen LogP contribution in [0.3, 0.4) is 0 Å². The minimum absolute atomic E-state index is 0.0747. The van der Waals surface area contributed by atoms with Crippen molar-refractivity contribution in [3.05, 3.63) is 88.2 Å². The Bertz CT molecular complexity index is 1240. The zero-order chi connectivity index (χ0) is 25.0. The summed E-state index contributed by atoms with van der Waals surface area (Å²) >= 11 is 0. The molecule has 0 radical (unpaired) electrons. The minimum Gasteiger partial charge on any atom is -0.494 e. The Morgan fingerprint density at radius 3 is 2.35 bits per heavy atom. The van der Waals surface area contributed by atoms with E-state index in [4.69, 9.17) is 9.84 Å². The highest BCUT2D eigenvalue weighted by Crippen LogP contribution is 2.31. The number of benzene rings is 3. The van der Waals surface area contributed by atoms with Crippen LogP contribution >= 0.6 is 0 Å². The summed E-state index contributed by atoms with van der Waals surface area (Å²) in [5, 5.41) is 11.7. The SMILES string of the molecule is CCOc1ccc(-c2ccc(C(=O)O)cc2C)cc1CNC(=O)c1ccc(C(F)(F)F)cc1F. The first-order chi connectivity index (χ1) is 16.0. The Morgan fingerprint density at radius 1 is 1.03 bits per heavy atom. The van der Waals surface area contributed by atoms with Gasteiger partial charge in [0.2, 0.25) is 0 Å². The van der Waals surface area contributed by atoms with E-state index in [-0.39, 0.29) is 18.2 Å².